The molecule has 1 aromatic rings. The Bertz CT molecular complexity index is 479. The maximum absolute atomic E-state index is 11.7. The van der Waals surface area contributed by atoms with E-state index in [4.69, 9.17) is 0 Å². The third kappa shape index (κ3) is 3.07. The molecule has 1 N–H and O–H groups in total. The number of nitrogens with one attached hydrogen (secondary N) is 1. The van der Waals surface area contributed by atoms with Gasteiger partial charge in [0.05, 0.1) is 11.5 Å². The molecule has 17 heavy (non-hydrogen) atoms. The van der Waals surface area contributed by atoms with E-state index in [1.807, 2.05) is 19.1 Å². The fourth-order valence-electron chi connectivity index (χ4n) is 2.32. The van der Waals surface area contributed by atoms with Crippen LogP contribution in [0.3, 0.4) is 0 Å². The molecule has 1 heterocycles. The Morgan fingerprint density at radius 3 is 2.41 bits per heavy atom. The monoisotopic (exact) mass is 253 g/mol. The summed E-state index contributed by atoms with van der Waals surface area (Å²) < 4.78 is 23.5. The molecular formula is C13H19NO2S. The summed E-state index contributed by atoms with van der Waals surface area (Å²) in [7, 11) is -2.91. The first-order chi connectivity index (χ1) is 8.00. The number of benzene rings is 1. The maximum atomic E-state index is 11.7. The summed E-state index contributed by atoms with van der Waals surface area (Å²) in [6.45, 7) is 4.03. The van der Waals surface area contributed by atoms with E-state index < -0.39 is 9.84 Å². The molecule has 1 aliphatic rings. The van der Waals surface area contributed by atoms with Crippen LogP contribution in [0.15, 0.2) is 24.3 Å². The topological polar surface area (TPSA) is 46.2 Å². The highest BCUT2D eigenvalue weighted by Gasteiger charge is 2.29. The molecule has 1 aromatic carbocycles. The summed E-state index contributed by atoms with van der Waals surface area (Å²) in [5.41, 5.74) is 2.35. The minimum atomic E-state index is -2.91. The van der Waals surface area contributed by atoms with E-state index in [2.05, 4.69) is 24.4 Å². The van der Waals surface area contributed by atoms with Gasteiger partial charge in [-0.3, -0.25) is 0 Å². The van der Waals surface area contributed by atoms with Gasteiger partial charge in [-0.15, -0.1) is 0 Å². The van der Waals surface area contributed by atoms with E-state index in [0.29, 0.717) is 0 Å². The highest BCUT2D eigenvalue weighted by molar-refractivity contribution is 7.91. The molecule has 1 saturated heterocycles. The number of hydrogen-bond donors (Lipinski definition) is 1. The zero-order valence-electron chi connectivity index (χ0n) is 10.3. The Morgan fingerprint density at radius 1 is 1.24 bits per heavy atom. The molecule has 2 atom stereocenters. The van der Waals surface area contributed by atoms with E-state index >= 15 is 0 Å². The maximum Gasteiger partial charge on any atom is 0.153 e. The molecule has 2 rings (SSSR count). The molecule has 0 saturated carbocycles. The molecule has 1 fully saturated rings. The fourth-order valence-corrected chi connectivity index (χ4v) is 4.11. The number of rotatable bonds is 2. The van der Waals surface area contributed by atoms with Crippen LogP contribution in [0.25, 0.3) is 0 Å². The molecule has 94 valence electrons. The summed E-state index contributed by atoms with van der Waals surface area (Å²) in [6.07, 6.45) is 1.01. The number of sulfone groups is 1. The van der Waals surface area contributed by atoms with Gasteiger partial charge in [-0.25, -0.2) is 8.42 Å². The predicted octanol–water partition coefficient (Wildman–Crippen LogP) is 1.70. The largest absolute Gasteiger partial charge is 0.306 e. The summed E-state index contributed by atoms with van der Waals surface area (Å²) in [6, 6.07) is 8.18. The second-order valence-electron chi connectivity index (χ2n) is 4.79. The van der Waals surface area contributed by atoms with Crippen LogP contribution >= 0.6 is 0 Å². The van der Waals surface area contributed by atoms with Crippen LogP contribution in [0.5, 0.6) is 0 Å². The van der Waals surface area contributed by atoms with Gasteiger partial charge in [0.15, 0.2) is 9.84 Å². The predicted molar refractivity (Wildman–Crippen MR) is 69.8 cm³/mol. The zero-order valence-corrected chi connectivity index (χ0v) is 11.1. The second kappa shape index (κ2) is 4.78. The molecule has 0 amide bonds. The molecule has 0 aromatic heterocycles. The van der Waals surface area contributed by atoms with Crippen molar-refractivity contribution in [3.8, 4) is 0 Å². The normalized spacial score (nSPS) is 27.9. The van der Waals surface area contributed by atoms with Crippen molar-refractivity contribution in [3.63, 3.8) is 0 Å². The molecule has 0 bridgehead atoms. The Kier molecular flexibility index (Phi) is 3.54. The Morgan fingerprint density at radius 2 is 1.88 bits per heavy atom. The first-order valence-corrected chi connectivity index (χ1v) is 7.87. The van der Waals surface area contributed by atoms with Gasteiger partial charge in [-0.05, 0) is 24.5 Å². The van der Waals surface area contributed by atoms with Gasteiger partial charge in [0.1, 0.15) is 0 Å². The molecule has 4 heteroatoms. The standard InChI is InChI=1S/C13H19NO2S/c1-3-11-4-6-12(7-5-11)13-9-17(15,16)8-10(2)14-13/h4-7,10,13-14H,3,8-9H2,1-2H3. The van der Waals surface area contributed by atoms with Gasteiger partial charge >= 0.3 is 0 Å². The van der Waals surface area contributed by atoms with Crippen molar-refractivity contribution in [3.05, 3.63) is 35.4 Å². The van der Waals surface area contributed by atoms with Gasteiger partial charge < -0.3 is 5.32 Å². The van der Waals surface area contributed by atoms with Gasteiger partial charge in [0.25, 0.3) is 0 Å². The van der Waals surface area contributed by atoms with Crippen LogP contribution in [0.2, 0.25) is 0 Å². The smallest absolute Gasteiger partial charge is 0.153 e. The van der Waals surface area contributed by atoms with Crippen molar-refractivity contribution in [1.82, 2.24) is 5.32 Å². The molecular weight excluding hydrogens is 234 g/mol. The van der Waals surface area contributed by atoms with Gasteiger partial charge in [-0.2, -0.15) is 0 Å². The van der Waals surface area contributed by atoms with E-state index in [9.17, 15) is 8.42 Å². The molecule has 3 nitrogen and oxygen atoms in total. The lowest BCUT2D eigenvalue weighted by molar-refractivity contribution is 0.468. The highest BCUT2D eigenvalue weighted by atomic mass is 32.2. The molecule has 1 aliphatic heterocycles. The van der Waals surface area contributed by atoms with Crippen molar-refractivity contribution in [2.75, 3.05) is 11.5 Å². The van der Waals surface area contributed by atoms with E-state index in [1.54, 1.807) is 0 Å². The second-order valence-corrected chi connectivity index (χ2v) is 6.95. The summed E-state index contributed by atoms with van der Waals surface area (Å²) >= 11 is 0. The first kappa shape index (κ1) is 12.6. The Balaban J connectivity index is 2.21. The lowest BCUT2D eigenvalue weighted by atomic mass is 10.0. The Hall–Kier alpha value is -0.870. The summed E-state index contributed by atoms with van der Waals surface area (Å²) in [5.74, 6) is 0.458. The van der Waals surface area contributed by atoms with Crippen LogP contribution < -0.4 is 5.32 Å². The van der Waals surface area contributed by atoms with E-state index in [1.165, 1.54) is 5.56 Å². The SMILES string of the molecule is CCc1ccc(C2CS(=O)(=O)CC(C)N2)cc1. The quantitative estimate of drug-likeness (QED) is 0.872. The molecule has 0 radical (unpaired) electrons. The number of hydrogen-bond acceptors (Lipinski definition) is 3. The fraction of sp³-hybridized carbons (Fsp3) is 0.538. The van der Waals surface area contributed by atoms with Gasteiger partial charge in [-0.1, -0.05) is 31.2 Å². The summed E-state index contributed by atoms with van der Waals surface area (Å²) in [4.78, 5) is 0. The Labute approximate surface area is 103 Å². The molecule has 0 spiro atoms. The van der Waals surface area contributed by atoms with Crippen LogP contribution in [0.1, 0.15) is 31.0 Å². The average Bonchev–Trinajstić information content (AvgIpc) is 2.26. The third-order valence-electron chi connectivity index (χ3n) is 3.20. The lowest BCUT2D eigenvalue weighted by Gasteiger charge is -2.29. The van der Waals surface area contributed by atoms with Crippen LogP contribution in [0, 0.1) is 0 Å². The van der Waals surface area contributed by atoms with Crippen molar-refractivity contribution in [1.29, 1.82) is 0 Å². The van der Waals surface area contributed by atoms with Crippen LogP contribution in [0.4, 0.5) is 0 Å². The van der Waals surface area contributed by atoms with Gasteiger partial charge in [0, 0.05) is 12.1 Å². The van der Waals surface area contributed by atoms with Crippen molar-refractivity contribution in [2.45, 2.75) is 32.4 Å². The van der Waals surface area contributed by atoms with E-state index in [-0.39, 0.29) is 23.6 Å². The molecule has 0 aliphatic carbocycles. The lowest BCUT2D eigenvalue weighted by Crippen LogP contribution is -2.45. The molecule has 2 unspecified atom stereocenters. The van der Waals surface area contributed by atoms with Crippen LogP contribution in [-0.2, 0) is 16.3 Å². The highest BCUT2D eigenvalue weighted by Crippen LogP contribution is 2.21. The minimum Gasteiger partial charge on any atom is -0.306 e. The first-order valence-electron chi connectivity index (χ1n) is 6.05. The minimum absolute atomic E-state index is 0.0320. The van der Waals surface area contributed by atoms with Gasteiger partial charge in [0.2, 0.25) is 0 Å². The van der Waals surface area contributed by atoms with Crippen molar-refractivity contribution in [2.24, 2.45) is 0 Å². The van der Waals surface area contributed by atoms with E-state index in [0.717, 1.165) is 12.0 Å². The van der Waals surface area contributed by atoms with Crippen molar-refractivity contribution < 1.29 is 8.42 Å². The van der Waals surface area contributed by atoms with Crippen LogP contribution in [-0.4, -0.2) is 26.0 Å². The average molecular weight is 253 g/mol. The number of aryl methyl sites for hydroxylation is 1. The third-order valence-corrected chi connectivity index (χ3v) is 5.05. The summed E-state index contributed by atoms with van der Waals surface area (Å²) in [5, 5.41) is 3.35. The van der Waals surface area contributed by atoms with Crippen molar-refractivity contribution >= 4 is 9.84 Å². The zero-order chi connectivity index (χ0) is 12.5.